The van der Waals surface area contributed by atoms with Crippen LogP contribution in [0.25, 0.3) is 11.1 Å². The van der Waals surface area contributed by atoms with Crippen LogP contribution in [0.1, 0.15) is 11.3 Å². The first-order valence-corrected chi connectivity index (χ1v) is 6.68. The Hall–Kier alpha value is -2.36. The van der Waals surface area contributed by atoms with E-state index in [0.29, 0.717) is 13.1 Å². The van der Waals surface area contributed by atoms with Gasteiger partial charge < -0.3 is 10.2 Å². The molecule has 1 N–H and O–H groups in total. The van der Waals surface area contributed by atoms with Crippen LogP contribution in [0.15, 0.2) is 36.5 Å². The second-order valence-electron chi connectivity index (χ2n) is 5.11. The topological polar surface area (TPSA) is 45.2 Å². The molecule has 2 heterocycles. The summed E-state index contributed by atoms with van der Waals surface area (Å²) in [5, 5.41) is 3.22. The summed E-state index contributed by atoms with van der Waals surface area (Å²) in [6.07, 6.45) is 1.80. The first-order chi connectivity index (χ1) is 9.65. The van der Waals surface area contributed by atoms with Gasteiger partial charge in [-0.2, -0.15) is 0 Å². The van der Waals surface area contributed by atoms with Gasteiger partial charge in [0.2, 0.25) is 5.91 Å². The number of hydrogen-bond donors (Lipinski definition) is 1. The van der Waals surface area contributed by atoms with Crippen LogP contribution in [0.3, 0.4) is 0 Å². The van der Waals surface area contributed by atoms with Crippen LogP contribution in [0.2, 0.25) is 0 Å². The molecule has 3 rings (SSSR count). The maximum absolute atomic E-state index is 11.7. The summed E-state index contributed by atoms with van der Waals surface area (Å²) in [4.78, 5) is 17.8. The maximum Gasteiger partial charge on any atom is 0.241 e. The number of fused-ring (bicyclic) bond motifs is 1. The number of likely N-dealkylation sites (N-methyl/N-ethyl adjacent to an activating group) is 1. The molecule has 4 heteroatoms. The molecule has 0 fully saturated rings. The predicted octanol–water partition coefficient (Wildman–Crippen LogP) is 2.44. The van der Waals surface area contributed by atoms with E-state index in [-0.39, 0.29) is 5.91 Å². The van der Waals surface area contributed by atoms with Crippen LogP contribution >= 0.6 is 0 Å². The van der Waals surface area contributed by atoms with Gasteiger partial charge in [0.15, 0.2) is 0 Å². The molecule has 0 saturated carbocycles. The monoisotopic (exact) mass is 267 g/mol. The molecule has 20 heavy (non-hydrogen) atoms. The fourth-order valence-corrected chi connectivity index (χ4v) is 2.49. The molecule has 0 unspecified atom stereocenters. The highest BCUT2D eigenvalue weighted by Gasteiger charge is 2.17. The van der Waals surface area contributed by atoms with E-state index in [2.05, 4.69) is 34.6 Å². The van der Waals surface area contributed by atoms with Crippen molar-refractivity contribution in [3.8, 4) is 11.1 Å². The Balaban J connectivity index is 2.02. The van der Waals surface area contributed by atoms with Crippen molar-refractivity contribution in [3.05, 3.63) is 47.8 Å². The summed E-state index contributed by atoms with van der Waals surface area (Å²) in [6, 6.07) is 10.3. The lowest BCUT2D eigenvalue weighted by atomic mass is 10.0. The van der Waals surface area contributed by atoms with Crippen LogP contribution in [-0.2, 0) is 11.3 Å². The molecule has 0 saturated heterocycles. The molecule has 102 valence electrons. The predicted molar refractivity (Wildman–Crippen MR) is 79.4 cm³/mol. The van der Waals surface area contributed by atoms with Crippen molar-refractivity contribution >= 4 is 11.6 Å². The molecular formula is C16H17N3O. The summed E-state index contributed by atoms with van der Waals surface area (Å²) in [5.74, 6) is 0.111. The van der Waals surface area contributed by atoms with Crippen LogP contribution < -0.4 is 5.32 Å². The Morgan fingerprint density at radius 1 is 1.30 bits per heavy atom. The van der Waals surface area contributed by atoms with E-state index < -0.39 is 0 Å². The zero-order valence-corrected chi connectivity index (χ0v) is 11.7. The zero-order valence-electron chi connectivity index (χ0n) is 11.7. The first-order valence-electron chi connectivity index (χ1n) is 6.68. The largest absolute Gasteiger partial charge is 0.376 e. The minimum absolute atomic E-state index is 0.111. The first kappa shape index (κ1) is 12.7. The van der Waals surface area contributed by atoms with Crippen molar-refractivity contribution in [1.29, 1.82) is 0 Å². The van der Waals surface area contributed by atoms with E-state index >= 15 is 0 Å². The Morgan fingerprint density at radius 3 is 2.95 bits per heavy atom. The highest BCUT2D eigenvalue weighted by Crippen LogP contribution is 2.28. The van der Waals surface area contributed by atoms with Gasteiger partial charge in [0.25, 0.3) is 0 Å². The van der Waals surface area contributed by atoms with Crippen LogP contribution in [-0.4, -0.2) is 29.4 Å². The van der Waals surface area contributed by atoms with Crippen molar-refractivity contribution in [2.75, 3.05) is 18.9 Å². The molecule has 0 bridgehead atoms. The number of rotatable bonds is 1. The van der Waals surface area contributed by atoms with Crippen molar-refractivity contribution in [3.63, 3.8) is 0 Å². The lowest BCUT2D eigenvalue weighted by molar-refractivity contribution is -0.128. The van der Waals surface area contributed by atoms with Gasteiger partial charge in [-0.1, -0.05) is 18.2 Å². The number of anilines is 1. The molecule has 2 aromatic rings. The Kier molecular flexibility index (Phi) is 3.14. The summed E-state index contributed by atoms with van der Waals surface area (Å²) in [6.45, 7) is 3.00. The third-order valence-corrected chi connectivity index (χ3v) is 3.69. The minimum Gasteiger partial charge on any atom is -0.376 e. The standard InChI is InChI=1S/C16H17N3O/c1-11-14(4-3-7-17-11)12-5-6-13-10-19(2)16(20)9-18-15(13)8-12/h3-8,18H,9-10H2,1-2H3. The summed E-state index contributed by atoms with van der Waals surface area (Å²) in [5.41, 5.74) is 5.43. The van der Waals surface area contributed by atoms with Crippen molar-refractivity contribution < 1.29 is 4.79 Å². The lowest BCUT2D eigenvalue weighted by Gasteiger charge is -2.14. The van der Waals surface area contributed by atoms with Crippen molar-refractivity contribution in [2.45, 2.75) is 13.5 Å². The summed E-state index contributed by atoms with van der Waals surface area (Å²) < 4.78 is 0. The van der Waals surface area contributed by atoms with Crippen LogP contribution in [0.4, 0.5) is 5.69 Å². The quantitative estimate of drug-likeness (QED) is 0.863. The van der Waals surface area contributed by atoms with Gasteiger partial charge in [-0.25, -0.2) is 0 Å². The number of pyridine rings is 1. The van der Waals surface area contributed by atoms with E-state index in [1.165, 1.54) is 0 Å². The normalized spacial score (nSPS) is 14.5. The highest BCUT2D eigenvalue weighted by molar-refractivity contribution is 5.83. The van der Waals surface area contributed by atoms with E-state index in [1.54, 1.807) is 11.1 Å². The Labute approximate surface area is 118 Å². The molecular weight excluding hydrogens is 250 g/mol. The number of amides is 1. The van der Waals surface area contributed by atoms with E-state index in [4.69, 9.17) is 0 Å². The number of benzene rings is 1. The second kappa shape index (κ2) is 4.96. The van der Waals surface area contributed by atoms with Gasteiger partial charge in [0.1, 0.15) is 0 Å². The molecule has 0 spiro atoms. The van der Waals surface area contributed by atoms with Gasteiger partial charge >= 0.3 is 0 Å². The molecule has 4 nitrogen and oxygen atoms in total. The third kappa shape index (κ3) is 2.25. The van der Waals surface area contributed by atoms with E-state index in [9.17, 15) is 4.79 Å². The average Bonchev–Trinajstić information content (AvgIpc) is 2.59. The summed E-state index contributed by atoms with van der Waals surface area (Å²) in [7, 11) is 1.83. The molecule has 1 aliphatic heterocycles. The molecule has 0 aliphatic carbocycles. The number of nitrogens with one attached hydrogen (secondary N) is 1. The van der Waals surface area contributed by atoms with Gasteiger partial charge in [0, 0.05) is 36.7 Å². The van der Waals surface area contributed by atoms with Gasteiger partial charge in [-0.05, 0) is 30.2 Å². The fraction of sp³-hybridized carbons (Fsp3) is 0.250. The fourth-order valence-electron chi connectivity index (χ4n) is 2.49. The van der Waals surface area contributed by atoms with Crippen LogP contribution in [0.5, 0.6) is 0 Å². The molecule has 1 amide bonds. The SMILES string of the molecule is Cc1ncccc1-c1ccc2c(c1)NCC(=O)N(C)C2. The maximum atomic E-state index is 11.7. The molecule has 0 radical (unpaired) electrons. The molecule has 0 atom stereocenters. The third-order valence-electron chi connectivity index (χ3n) is 3.69. The highest BCUT2D eigenvalue weighted by atomic mass is 16.2. The molecule has 1 aliphatic rings. The number of aryl methyl sites for hydroxylation is 1. The Morgan fingerprint density at radius 2 is 2.15 bits per heavy atom. The number of carbonyl (C=O) groups excluding carboxylic acids is 1. The van der Waals surface area contributed by atoms with Crippen molar-refractivity contribution in [1.82, 2.24) is 9.88 Å². The smallest absolute Gasteiger partial charge is 0.241 e. The number of aromatic nitrogens is 1. The summed E-state index contributed by atoms with van der Waals surface area (Å²) >= 11 is 0. The van der Waals surface area contributed by atoms with Gasteiger partial charge in [0.05, 0.1) is 6.54 Å². The van der Waals surface area contributed by atoms with Crippen LogP contribution in [0, 0.1) is 6.92 Å². The van der Waals surface area contributed by atoms with Gasteiger partial charge in [-0.3, -0.25) is 9.78 Å². The van der Waals surface area contributed by atoms with Gasteiger partial charge in [-0.15, -0.1) is 0 Å². The number of carbonyl (C=O) groups is 1. The average molecular weight is 267 g/mol. The molecule has 1 aromatic heterocycles. The number of nitrogens with zero attached hydrogens (tertiary/aromatic N) is 2. The molecule has 1 aromatic carbocycles. The lowest BCUT2D eigenvalue weighted by Crippen LogP contribution is -2.28. The Bertz CT molecular complexity index is 667. The minimum atomic E-state index is 0.111. The van der Waals surface area contributed by atoms with E-state index in [1.807, 2.05) is 20.0 Å². The number of hydrogen-bond acceptors (Lipinski definition) is 3. The second-order valence-corrected chi connectivity index (χ2v) is 5.11. The van der Waals surface area contributed by atoms with Crippen molar-refractivity contribution in [2.24, 2.45) is 0 Å². The van der Waals surface area contributed by atoms with E-state index in [0.717, 1.165) is 28.1 Å². The zero-order chi connectivity index (χ0) is 14.1.